The van der Waals surface area contributed by atoms with Crippen LogP contribution in [-0.4, -0.2) is 21.5 Å². The molecule has 0 atom stereocenters. The van der Waals surface area contributed by atoms with Crippen LogP contribution in [0.2, 0.25) is 0 Å². The van der Waals surface area contributed by atoms with Crippen LogP contribution in [0.15, 0.2) is 18.5 Å². The molecule has 0 aliphatic carbocycles. The average Bonchev–Trinajstić information content (AvgIpc) is 2.68. The molecule has 2 aromatic heterocycles. The Bertz CT molecular complexity index is 641. The number of nitrogens with two attached hydrogens (primary N) is 1. The summed E-state index contributed by atoms with van der Waals surface area (Å²) in [5.74, 6) is 0.0796. The van der Waals surface area contributed by atoms with E-state index in [2.05, 4.69) is 9.97 Å². The Hall–Kier alpha value is -1.95. The molecule has 0 aliphatic heterocycles. The number of carbonyl (C=O) groups excluding carboxylic acids is 1. The van der Waals surface area contributed by atoms with Gasteiger partial charge in [-0.1, -0.05) is 0 Å². The number of aromatic nitrogens is 2. The van der Waals surface area contributed by atoms with Crippen LogP contribution in [0, 0.1) is 0 Å². The van der Waals surface area contributed by atoms with Crippen molar-refractivity contribution in [2.75, 3.05) is 5.73 Å². The average molecular weight is 277 g/mol. The molecule has 0 fully saturated rings. The summed E-state index contributed by atoms with van der Waals surface area (Å²) in [4.78, 5) is 20.5. The fourth-order valence-corrected chi connectivity index (χ4v) is 2.38. The van der Waals surface area contributed by atoms with Gasteiger partial charge in [0.05, 0.1) is 10.2 Å². The Morgan fingerprint density at radius 1 is 1.42 bits per heavy atom. The molecule has 0 spiro atoms. The number of thiophene rings is 1. The molecule has 0 saturated heterocycles. The van der Waals surface area contributed by atoms with E-state index < -0.39 is 5.60 Å². The topological polar surface area (TPSA) is 78.1 Å². The van der Waals surface area contributed by atoms with Gasteiger partial charge < -0.3 is 10.5 Å². The van der Waals surface area contributed by atoms with Gasteiger partial charge in [-0.2, -0.15) is 0 Å². The number of nitrogen functional groups attached to an aromatic ring is 1. The van der Waals surface area contributed by atoms with Gasteiger partial charge in [0.2, 0.25) is 0 Å². The maximum absolute atomic E-state index is 11.6. The molecule has 2 rings (SSSR count). The van der Waals surface area contributed by atoms with E-state index in [4.69, 9.17) is 10.5 Å². The van der Waals surface area contributed by atoms with Gasteiger partial charge in [-0.15, -0.1) is 11.3 Å². The predicted octanol–water partition coefficient (Wildman–Crippen LogP) is 2.63. The molecule has 2 aromatic rings. The summed E-state index contributed by atoms with van der Waals surface area (Å²) in [6.07, 6.45) is 4.52. The standard InChI is InChI=1S/C13H15N3O2S/c1-13(2,3)18-10(17)5-4-8-6-9-11(19-8)12(14)16-7-15-9/h4-7H,1-3H3,(H2,14,15,16)/b5-4+. The number of rotatable bonds is 2. The van der Waals surface area contributed by atoms with Crippen LogP contribution in [0.5, 0.6) is 0 Å². The third kappa shape index (κ3) is 3.51. The number of carbonyl (C=O) groups is 1. The van der Waals surface area contributed by atoms with Gasteiger partial charge in [-0.3, -0.25) is 0 Å². The number of esters is 1. The molecule has 5 nitrogen and oxygen atoms in total. The molecule has 0 unspecified atom stereocenters. The lowest BCUT2D eigenvalue weighted by Gasteiger charge is -2.17. The first-order chi connectivity index (χ1) is 8.85. The highest BCUT2D eigenvalue weighted by Crippen LogP contribution is 2.28. The van der Waals surface area contributed by atoms with Crippen LogP contribution in [-0.2, 0) is 9.53 Å². The maximum Gasteiger partial charge on any atom is 0.331 e. The first-order valence-corrected chi connectivity index (χ1v) is 6.58. The minimum Gasteiger partial charge on any atom is -0.457 e. The second-order valence-corrected chi connectivity index (χ2v) is 6.07. The summed E-state index contributed by atoms with van der Waals surface area (Å²) in [7, 11) is 0. The molecule has 6 heteroatoms. The second-order valence-electron chi connectivity index (χ2n) is 4.99. The molecule has 100 valence electrons. The van der Waals surface area contributed by atoms with E-state index in [1.54, 1.807) is 6.08 Å². The quantitative estimate of drug-likeness (QED) is 0.674. The van der Waals surface area contributed by atoms with E-state index >= 15 is 0 Å². The molecular formula is C13H15N3O2S. The van der Waals surface area contributed by atoms with Gasteiger partial charge in [-0.05, 0) is 32.9 Å². The second kappa shape index (κ2) is 4.97. The number of hydrogen-bond acceptors (Lipinski definition) is 6. The molecular weight excluding hydrogens is 262 g/mol. The molecule has 0 aromatic carbocycles. The fourth-order valence-electron chi connectivity index (χ4n) is 1.46. The fraction of sp³-hybridized carbons (Fsp3) is 0.308. The van der Waals surface area contributed by atoms with Crippen molar-refractivity contribution >= 4 is 39.4 Å². The van der Waals surface area contributed by atoms with E-state index in [-0.39, 0.29) is 5.97 Å². The monoisotopic (exact) mass is 277 g/mol. The molecule has 2 N–H and O–H groups in total. The van der Waals surface area contributed by atoms with Crippen molar-refractivity contribution in [3.8, 4) is 0 Å². The smallest absolute Gasteiger partial charge is 0.331 e. The first kappa shape index (κ1) is 13.5. The van der Waals surface area contributed by atoms with Crippen LogP contribution in [0.3, 0.4) is 0 Å². The molecule has 2 heterocycles. The summed E-state index contributed by atoms with van der Waals surface area (Å²) >= 11 is 1.44. The lowest BCUT2D eigenvalue weighted by molar-refractivity contribution is -0.148. The normalized spacial score (nSPS) is 12.2. The number of fused-ring (bicyclic) bond motifs is 1. The van der Waals surface area contributed by atoms with Gasteiger partial charge in [-0.25, -0.2) is 14.8 Å². The SMILES string of the molecule is CC(C)(C)OC(=O)/C=C/c1cc2ncnc(N)c2s1. The lowest BCUT2D eigenvalue weighted by Crippen LogP contribution is -2.22. The first-order valence-electron chi connectivity index (χ1n) is 5.76. The summed E-state index contributed by atoms with van der Waals surface area (Å²) < 4.78 is 6.01. The Morgan fingerprint density at radius 3 is 2.79 bits per heavy atom. The Morgan fingerprint density at radius 2 is 2.16 bits per heavy atom. The number of anilines is 1. The van der Waals surface area contributed by atoms with E-state index in [1.807, 2.05) is 26.8 Å². The minimum absolute atomic E-state index is 0.371. The highest BCUT2D eigenvalue weighted by molar-refractivity contribution is 7.20. The van der Waals surface area contributed by atoms with Crippen LogP contribution in [0.1, 0.15) is 25.6 Å². The molecule has 0 aliphatic rings. The Kier molecular flexibility index (Phi) is 3.53. The van der Waals surface area contributed by atoms with Crippen LogP contribution in [0.4, 0.5) is 5.82 Å². The zero-order chi connectivity index (χ0) is 14.0. The summed E-state index contributed by atoms with van der Waals surface area (Å²) in [5, 5.41) is 0. The van der Waals surface area contributed by atoms with Gasteiger partial charge in [0.1, 0.15) is 17.7 Å². The number of ether oxygens (including phenoxy) is 1. The molecule has 0 saturated carbocycles. The van der Waals surface area contributed by atoms with E-state index in [1.165, 1.54) is 23.7 Å². The Labute approximate surface area is 115 Å². The van der Waals surface area contributed by atoms with Gasteiger partial charge >= 0.3 is 5.97 Å². The lowest BCUT2D eigenvalue weighted by atomic mass is 10.2. The summed E-state index contributed by atoms with van der Waals surface area (Å²) in [5.41, 5.74) is 6.04. The van der Waals surface area contributed by atoms with Gasteiger partial charge in [0, 0.05) is 11.0 Å². The minimum atomic E-state index is -0.489. The van der Waals surface area contributed by atoms with Crippen molar-refractivity contribution in [3.63, 3.8) is 0 Å². The number of hydrogen-bond donors (Lipinski definition) is 1. The predicted molar refractivity (Wildman–Crippen MR) is 76.7 cm³/mol. The Balaban J connectivity index is 2.18. The molecule has 0 amide bonds. The van der Waals surface area contributed by atoms with Crippen molar-refractivity contribution < 1.29 is 9.53 Å². The van der Waals surface area contributed by atoms with Gasteiger partial charge in [0.25, 0.3) is 0 Å². The summed E-state index contributed by atoms with van der Waals surface area (Å²) in [6, 6.07) is 1.86. The highest BCUT2D eigenvalue weighted by Gasteiger charge is 2.14. The van der Waals surface area contributed by atoms with Crippen molar-refractivity contribution in [1.82, 2.24) is 9.97 Å². The van der Waals surface area contributed by atoms with Crippen molar-refractivity contribution in [2.45, 2.75) is 26.4 Å². The number of nitrogens with zero attached hydrogens (tertiary/aromatic N) is 2. The molecule has 0 bridgehead atoms. The van der Waals surface area contributed by atoms with Crippen LogP contribution >= 0.6 is 11.3 Å². The maximum atomic E-state index is 11.6. The van der Waals surface area contributed by atoms with Crippen LogP contribution < -0.4 is 5.73 Å². The zero-order valence-corrected chi connectivity index (χ0v) is 11.8. The third-order valence-electron chi connectivity index (χ3n) is 2.15. The van der Waals surface area contributed by atoms with Crippen molar-refractivity contribution in [1.29, 1.82) is 0 Å². The van der Waals surface area contributed by atoms with Crippen LogP contribution in [0.25, 0.3) is 16.3 Å². The van der Waals surface area contributed by atoms with E-state index in [9.17, 15) is 4.79 Å². The summed E-state index contributed by atoms with van der Waals surface area (Å²) in [6.45, 7) is 5.48. The highest BCUT2D eigenvalue weighted by atomic mass is 32.1. The van der Waals surface area contributed by atoms with Gasteiger partial charge in [0.15, 0.2) is 0 Å². The molecule has 19 heavy (non-hydrogen) atoms. The van der Waals surface area contributed by atoms with E-state index in [0.717, 1.165) is 15.1 Å². The van der Waals surface area contributed by atoms with E-state index in [0.29, 0.717) is 5.82 Å². The molecule has 0 radical (unpaired) electrons. The zero-order valence-electron chi connectivity index (χ0n) is 11.0. The third-order valence-corrected chi connectivity index (χ3v) is 3.26. The van der Waals surface area contributed by atoms with Crippen molar-refractivity contribution in [3.05, 3.63) is 23.3 Å². The van der Waals surface area contributed by atoms with Crippen molar-refractivity contribution in [2.24, 2.45) is 0 Å². The largest absolute Gasteiger partial charge is 0.457 e.